The van der Waals surface area contributed by atoms with E-state index in [-0.39, 0.29) is 24.5 Å². The monoisotopic (exact) mass is 553 g/mol. The SMILES string of the molecule is CCCN1C(=O)[C@H](O[Si](C)(C)C)[C@H](O[Si](C)(C)C)[C@H](O[Si](C)(C)C)[C@H]1CNC(=O)Nc1ccccc1. The zero-order valence-electron chi connectivity index (χ0n) is 23.8. The molecule has 1 saturated heterocycles. The van der Waals surface area contributed by atoms with Crippen molar-refractivity contribution in [2.45, 2.75) is 96.6 Å². The molecule has 11 heteroatoms. The van der Waals surface area contributed by atoms with Gasteiger partial charge >= 0.3 is 6.03 Å². The van der Waals surface area contributed by atoms with Crippen LogP contribution in [0.5, 0.6) is 0 Å². The third-order valence-corrected chi connectivity index (χ3v) is 8.28. The number of hydrogen-bond donors (Lipinski definition) is 2. The van der Waals surface area contributed by atoms with E-state index < -0.39 is 43.3 Å². The van der Waals surface area contributed by atoms with Gasteiger partial charge in [-0.05, 0) is 77.5 Å². The summed E-state index contributed by atoms with van der Waals surface area (Å²) in [6.07, 6.45) is -0.867. The predicted molar refractivity (Wildman–Crippen MR) is 154 cm³/mol. The Kier molecular flexibility index (Phi) is 10.5. The number of carbonyl (C=O) groups excluding carboxylic acids is 2. The van der Waals surface area contributed by atoms with Gasteiger partial charge in [0.05, 0.1) is 12.1 Å². The average Bonchev–Trinajstić information content (AvgIpc) is 2.72. The maximum atomic E-state index is 13.9. The van der Waals surface area contributed by atoms with Crippen molar-refractivity contribution in [1.82, 2.24) is 10.2 Å². The van der Waals surface area contributed by atoms with Crippen molar-refractivity contribution < 1.29 is 22.9 Å². The first-order chi connectivity index (χ1) is 16.5. The molecule has 3 amide bonds. The molecule has 0 aromatic heterocycles. The second-order valence-electron chi connectivity index (χ2n) is 12.3. The summed E-state index contributed by atoms with van der Waals surface area (Å²) >= 11 is 0. The number of carbonyl (C=O) groups is 2. The number of rotatable bonds is 11. The van der Waals surface area contributed by atoms with Crippen LogP contribution < -0.4 is 10.6 Å². The molecule has 1 aliphatic heterocycles. The highest BCUT2D eigenvalue weighted by molar-refractivity contribution is 6.70. The van der Waals surface area contributed by atoms with Crippen LogP contribution in [0.2, 0.25) is 58.9 Å². The molecule has 0 bridgehead atoms. The molecule has 204 valence electrons. The summed E-state index contributed by atoms with van der Waals surface area (Å²) in [4.78, 5) is 28.5. The van der Waals surface area contributed by atoms with Crippen LogP contribution in [0, 0.1) is 0 Å². The topological polar surface area (TPSA) is 89.1 Å². The lowest BCUT2D eigenvalue weighted by Gasteiger charge is -2.52. The summed E-state index contributed by atoms with van der Waals surface area (Å²) in [6.45, 7) is 21.9. The van der Waals surface area contributed by atoms with Crippen LogP contribution in [0.3, 0.4) is 0 Å². The van der Waals surface area contributed by atoms with Gasteiger partial charge in [0.25, 0.3) is 5.91 Å². The Bertz CT molecular complexity index is 868. The Morgan fingerprint density at radius 3 is 1.89 bits per heavy atom. The molecular formula is C25H47N3O5Si3. The van der Waals surface area contributed by atoms with E-state index in [9.17, 15) is 9.59 Å². The summed E-state index contributed by atoms with van der Waals surface area (Å²) in [6, 6.07) is 8.62. The van der Waals surface area contributed by atoms with E-state index in [0.717, 1.165) is 6.42 Å². The fourth-order valence-electron chi connectivity index (χ4n) is 4.26. The molecule has 4 atom stereocenters. The number of urea groups is 1. The molecule has 1 heterocycles. The fraction of sp³-hybridized carbons (Fsp3) is 0.680. The third-order valence-electron chi connectivity index (χ3n) is 5.36. The lowest BCUT2D eigenvalue weighted by Crippen LogP contribution is -2.71. The highest BCUT2D eigenvalue weighted by Gasteiger charge is 2.53. The molecule has 1 fully saturated rings. The Hall–Kier alpha value is -1.51. The van der Waals surface area contributed by atoms with Crippen molar-refractivity contribution >= 4 is 42.6 Å². The summed E-state index contributed by atoms with van der Waals surface area (Å²) in [5.74, 6) is -0.0757. The molecule has 8 nitrogen and oxygen atoms in total. The zero-order chi connectivity index (χ0) is 27.3. The quantitative estimate of drug-likeness (QED) is 0.373. The van der Waals surface area contributed by atoms with Crippen LogP contribution >= 0.6 is 0 Å². The largest absolute Gasteiger partial charge is 0.410 e. The van der Waals surface area contributed by atoms with Crippen LogP contribution in [0.15, 0.2) is 30.3 Å². The Morgan fingerprint density at radius 1 is 0.861 bits per heavy atom. The van der Waals surface area contributed by atoms with Crippen LogP contribution in [0.4, 0.5) is 10.5 Å². The first-order valence-electron chi connectivity index (χ1n) is 12.9. The van der Waals surface area contributed by atoms with Crippen LogP contribution in [-0.2, 0) is 18.1 Å². The molecule has 2 N–H and O–H groups in total. The number of hydrogen-bond acceptors (Lipinski definition) is 5. The van der Waals surface area contributed by atoms with E-state index in [2.05, 4.69) is 69.6 Å². The maximum Gasteiger partial charge on any atom is 0.319 e. The molecular weight excluding hydrogens is 507 g/mol. The maximum absolute atomic E-state index is 13.9. The smallest absolute Gasteiger partial charge is 0.319 e. The molecule has 0 aliphatic carbocycles. The van der Waals surface area contributed by atoms with Crippen molar-refractivity contribution in [3.8, 4) is 0 Å². The molecule has 0 saturated carbocycles. The minimum absolute atomic E-state index is 0.0757. The van der Waals surface area contributed by atoms with E-state index in [4.69, 9.17) is 13.3 Å². The zero-order valence-corrected chi connectivity index (χ0v) is 26.8. The van der Waals surface area contributed by atoms with Gasteiger partial charge in [-0.25, -0.2) is 4.79 Å². The van der Waals surface area contributed by atoms with Gasteiger partial charge in [-0.3, -0.25) is 4.79 Å². The number of anilines is 1. The molecule has 1 aromatic rings. The molecule has 0 radical (unpaired) electrons. The lowest BCUT2D eigenvalue weighted by atomic mass is 9.92. The molecule has 1 aromatic carbocycles. The van der Waals surface area contributed by atoms with Gasteiger partial charge in [0.1, 0.15) is 6.10 Å². The first-order valence-corrected chi connectivity index (χ1v) is 23.2. The van der Waals surface area contributed by atoms with E-state index in [0.29, 0.717) is 12.2 Å². The average molecular weight is 554 g/mol. The first kappa shape index (κ1) is 30.7. The highest BCUT2D eigenvalue weighted by Crippen LogP contribution is 2.32. The molecule has 36 heavy (non-hydrogen) atoms. The molecule has 1 aliphatic rings. The van der Waals surface area contributed by atoms with Crippen molar-refractivity contribution in [1.29, 1.82) is 0 Å². The summed E-state index contributed by atoms with van der Waals surface area (Å²) in [7, 11) is -6.21. The van der Waals surface area contributed by atoms with Gasteiger partial charge in [-0.15, -0.1) is 0 Å². The summed E-state index contributed by atoms with van der Waals surface area (Å²) in [5, 5.41) is 5.85. The van der Waals surface area contributed by atoms with Crippen molar-refractivity contribution in [2.24, 2.45) is 0 Å². The minimum Gasteiger partial charge on any atom is -0.410 e. The second-order valence-corrected chi connectivity index (χ2v) is 25.7. The van der Waals surface area contributed by atoms with Gasteiger partial charge in [-0.2, -0.15) is 0 Å². The van der Waals surface area contributed by atoms with E-state index >= 15 is 0 Å². The van der Waals surface area contributed by atoms with Crippen molar-refractivity contribution in [3.05, 3.63) is 30.3 Å². The van der Waals surface area contributed by atoms with Crippen LogP contribution in [0.25, 0.3) is 0 Å². The summed E-state index contributed by atoms with van der Waals surface area (Å²) < 4.78 is 20.0. The van der Waals surface area contributed by atoms with E-state index in [1.165, 1.54) is 0 Å². The van der Waals surface area contributed by atoms with Gasteiger partial charge in [0.2, 0.25) is 0 Å². The number of benzene rings is 1. The molecule has 2 rings (SSSR count). The lowest BCUT2D eigenvalue weighted by molar-refractivity contribution is -0.168. The predicted octanol–water partition coefficient (Wildman–Crippen LogP) is 5.09. The second kappa shape index (κ2) is 12.4. The standard InChI is InChI=1S/C25H47N3O5Si3/c1-11-17-28-20(18-26-25(30)27-19-15-13-12-14-16-19)21(31-34(2,3)4)22(32-35(5,6)7)23(24(28)29)33-36(8,9)10/h12-16,20-23H,11,17-18H2,1-10H3,(H2,26,27,30)/t20-,21-,22-,23-/m1/s1. The van der Waals surface area contributed by atoms with Crippen LogP contribution in [0.1, 0.15) is 13.3 Å². The van der Waals surface area contributed by atoms with E-state index in [1.54, 1.807) is 0 Å². The minimum atomic E-state index is -2.08. The van der Waals surface area contributed by atoms with Crippen LogP contribution in [-0.4, -0.2) is 79.2 Å². The highest BCUT2D eigenvalue weighted by atomic mass is 28.4. The Labute approximate surface area is 220 Å². The normalized spacial score (nSPS) is 23.5. The number of piperidine rings is 1. The Morgan fingerprint density at radius 2 is 1.39 bits per heavy atom. The van der Waals surface area contributed by atoms with Crippen molar-refractivity contribution in [3.63, 3.8) is 0 Å². The number of likely N-dealkylation sites (tertiary alicyclic amines) is 1. The van der Waals surface area contributed by atoms with Gasteiger partial charge in [0, 0.05) is 18.8 Å². The number of nitrogens with one attached hydrogen (secondary N) is 2. The molecule has 0 spiro atoms. The summed E-state index contributed by atoms with van der Waals surface area (Å²) in [5.41, 5.74) is 0.707. The van der Waals surface area contributed by atoms with Gasteiger partial charge in [-0.1, -0.05) is 25.1 Å². The number of nitrogens with zero attached hydrogens (tertiary/aromatic N) is 1. The fourth-order valence-corrected chi connectivity index (χ4v) is 7.44. The number of amides is 3. The van der Waals surface area contributed by atoms with Crippen molar-refractivity contribution in [2.75, 3.05) is 18.4 Å². The molecule has 0 unspecified atom stereocenters. The number of para-hydroxylation sites is 1. The third kappa shape index (κ3) is 9.75. The van der Waals surface area contributed by atoms with E-state index in [1.807, 2.05) is 42.2 Å². The van der Waals surface area contributed by atoms with Gasteiger partial charge in [0.15, 0.2) is 31.1 Å². The Balaban J connectivity index is 2.43. The van der Waals surface area contributed by atoms with Gasteiger partial charge < -0.3 is 28.8 Å².